The average Bonchev–Trinajstić information content (AvgIpc) is 2.52. The first kappa shape index (κ1) is 18.1. The van der Waals surface area contributed by atoms with Crippen LogP contribution < -0.4 is 10.2 Å². The molecule has 25 heavy (non-hydrogen) atoms. The largest absolute Gasteiger partial charge is 0.465 e. The number of benzene rings is 1. The van der Waals surface area contributed by atoms with Crippen LogP contribution in [0, 0.1) is 5.41 Å². The lowest BCUT2D eigenvalue weighted by atomic mass is 9.83. The Morgan fingerprint density at radius 2 is 2.00 bits per heavy atom. The predicted molar refractivity (Wildman–Crippen MR) is 101 cm³/mol. The molecule has 0 spiro atoms. The molecule has 5 heteroatoms. The van der Waals surface area contributed by atoms with E-state index in [1.54, 1.807) is 4.90 Å². The summed E-state index contributed by atoms with van der Waals surface area (Å²) in [5.74, 6) is 0. The van der Waals surface area contributed by atoms with E-state index in [1.165, 1.54) is 16.8 Å². The van der Waals surface area contributed by atoms with E-state index in [2.05, 4.69) is 63.0 Å². The van der Waals surface area contributed by atoms with Crippen LogP contribution in [-0.4, -0.2) is 47.3 Å². The van der Waals surface area contributed by atoms with E-state index in [1.807, 2.05) is 0 Å². The molecule has 2 N–H and O–H groups in total. The summed E-state index contributed by atoms with van der Waals surface area (Å²) in [5, 5.41) is 13.2. The van der Waals surface area contributed by atoms with Gasteiger partial charge in [0.25, 0.3) is 0 Å². The zero-order valence-electron chi connectivity index (χ0n) is 16.1. The fourth-order valence-electron chi connectivity index (χ4n) is 4.10. The molecule has 5 nitrogen and oxygen atoms in total. The maximum Gasteiger partial charge on any atom is 0.407 e. The van der Waals surface area contributed by atoms with Gasteiger partial charge in [0.15, 0.2) is 0 Å². The molecule has 0 bridgehead atoms. The summed E-state index contributed by atoms with van der Waals surface area (Å²) in [6.45, 7) is 13.8. The van der Waals surface area contributed by atoms with E-state index in [9.17, 15) is 9.90 Å². The number of hydrogen-bond donors (Lipinski definition) is 2. The molecule has 1 aromatic rings. The molecule has 2 heterocycles. The van der Waals surface area contributed by atoms with Gasteiger partial charge in [-0.3, -0.25) is 0 Å². The van der Waals surface area contributed by atoms with Crippen LogP contribution in [0.4, 0.5) is 10.5 Å². The van der Waals surface area contributed by atoms with Gasteiger partial charge < -0.3 is 20.2 Å². The molecule has 1 atom stereocenters. The standard InChI is InChI=1S/C20H31N3O2/c1-19(2,3)17-13-22(9-10-23(17)18(24)25)16-8-6-7-14-12-21-20(4,5)11-15(14)16/h6-8,17,21H,9-13H2,1-5H3,(H,24,25). The van der Waals surface area contributed by atoms with Gasteiger partial charge in [-0.25, -0.2) is 4.79 Å². The number of nitrogens with zero attached hydrogens (tertiary/aromatic N) is 2. The van der Waals surface area contributed by atoms with E-state index in [0.717, 1.165) is 26.1 Å². The molecular formula is C20H31N3O2. The van der Waals surface area contributed by atoms with Crippen LogP contribution in [-0.2, 0) is 13.0 Å². The van der Waals surface area contributed by atoms with Crippen LogP contribution >= 0.6 is 0 Å². The zero-order chi connectivity index (χ0) is 18.4. The first-order valence-electron chi connectivity index (χ1n) is 9.19. The van der Waals surface area contributed by atoms with Crippen molar-refractivity contribution >= 4 is 11.8 Å². The highest BCUT2D eigenvalue weighted by Gasteiger charge is 2.39. The van der Waals surface area contributed by atoms with Crippen molar-refractivity contribution in [2.45, 2.75) is 59.2 Å². The third-order valence-electron chi connectivity index (χ3n) is 5.59. The number of fused-ring (bicyclic) bond motifs is 1. The van der Waals surface area contributed by atoms with Gasteiger partial charge in [-0.05, 0) is 42.9 Å². The van der Waals surface area contributed by atoms with Gasteiger partial charge in [-0.1, -0.05) is 32.9 Å². The molecule has 1 saturated heterocycles. The molecule has 3 rings (SSSR count). The molecule has 1 unspecified atom stereocenters. The van der Waals surface area contributed by atoms with Crippen molar-refractivity contribution in [3.63, 3.8) is 0 Å². The molecule has 0 aliphatic carbocycles. The van der Waals surface area contributed by atoms with Gasteiger partial charge in [0.05, 0.1) is 6.04 Å². The molecule has 138 valence electrons. The van der Waals surface area contributed by atoms with Crippen molar-refractivity contribution in [3.05, 3.63) is 29.3 Å². The smallest absolute Gasteiger partial charge is 0.407 e. The monoisotopic (exact) mass is 345 g/mol. The van der Waals surface area contributed by atoms with Crippen molar-refractivity contribution < 1.29 is 9.90 Å². The van der Waals surface area contributed by atoms with E-state index in [4.69, 9.17) is 0 Å². The highest BCUT2D eigenvalue weighted by Crippen LogP contribution is 2.35. The Balaban J connectivity index is 1.92. The summed E-state index contributed by atoms with van der Waals surface area (Å²) in [5.41, 5.74) is 4.07. The minimum absolute atomic E-state index is 0.00988. The van der Waals surface area contributed by atoms with Gasteiger partial charge in [-0.2, -0.15) is 0 Å². The van der Waals surface area contributed by atoms with Crippen LogP contribution in [0.25, 0.3) is 0 Å². The predicted octanol–water partition coefficient (Wildman–Crippen LogP) is 3.33. The molecule has 0 aromatic heterocycles. The van der Waals surface area contributed by atoms with Gasteiger partial charge in [0, 0.05) is 37.4 Å². The van der Waals surface area contributed by atoms with E-state index in [0.29, 0.717) is 6.54 Å². The highest BCUT2D eigenvalue weighted by atomic mass is 16.4. The van der Waals surface area contributed by atoms with Crippen LogP contribution in [0.15, 0.2) is 18.2 Å². The normalized spacial score (nSPS) is 23.3. The van der Waals surface area contributed by atoms with E-state index >= 15 is 0 Å². The first-order valence-corrected chi connectivity index (χ1v) is 9.19. The lowest BCUT2D eigenvalue weighted by Gasteiger charge is -2.47. The topological polar surface area (TPSA) is 55.8 Å². The molecule has 1 amide bonds. The number of rotatable bonds is 1. The molecule has 1 fully saturated rings. The minimum atomic E-state index is -0.806. The number of hydrogen-bond acceptors (Lipinski definition) is 3. The van der Waals surface area contributed by atoms with Crippen molar-refractivity contribution in [1.82, 2.24) is 10.2 Å². The maximum atomic E-state index is 11.7. The molecule has 2 aliphatic heterocycles. The van der Waals surface area contributed by atoms with E-state index < -0.39 is 6.09 Å². The third kappa shape index (κ3) is 3.61. The van der Waals surface area contributed by atoms with Crippen molar-refractivity contribution in [1.29, 1.82) is 0 Å². The number of amides is 1. The second-order valence-electron chi connectivity index (χ2n) is 9.13. The summed E-state index contributed by atoms with van der Waals surface area (Å²) in [7, 11) is 0. The Labute approximate surface area is 151 Å². The minimum Gasteiger partial charge on any atom is -0.465 e. The average molecular weight is 345 g/mol. The number of piperazine rings is 1. The Kier molecular flexibility index (Phi) is 4.48. The molecule has 0 saturated carbocycles. The van der Waals surface area contributed by atoms with Crippen molar-refractivity contribution in [2.24, 2.45) is 5.41 Å². The quantitative estimate of drug-likeness (QED) is 0.820. The summed E-state index contributed by atoms with van der Waals surface area (Å²) >= 11 is 0. The van der Waals surface area contributed by atoms with Crippen molar-refractivity contribution in [2.75, 3.05) is 24.5 Å². The van der Waals surface area contributed by atoms with Crippen LogP contribution in [0.2, 0.25) is 0 Å². The van der Waals surface area contributed by atoms with Crippen LogP contribution in [0.5, 0.6) is 0 Å². The summed E-state index contributed by atoms with van der Waals surface area (Å²) in [6, 6.07) is 6.53. The molecule has 1 aromatic carbocycles. The lowest BCUT2D eigenvalue weighted by Crippen LogP contribution is -2.59. The van der Waals surface area contributed by atoms with Gasteiger partial charge in [-0.15, -0.1) is 0 Å². The van der Waals surface area contributed by atoms with Gasteiger partial charge >= 0.3 is 6.09 Å². The molecule has 2 aliphatic rings. The summed E-state index contributed by atoms with van der Waals surface area (Å²) in [6.07, 6.45) is 0.192. The van der Waals surface area contributed by atoms with Crippen LogP contribution in [0.3, 0.4) is 0 Å². The number of carbonyl (C=O) groups is 1. The van der Waals surface area contributed by atoms with Crippen LogP contribution in [0.1, 0.15) is 45.7 Å². The Morgan fingerprint density at radius 1 is 1.28 bits per heavy atom. The second kappa shape index (κ2) is 6.20. The molecule has 0 radical (unpaired) electrons. The highest BCUT2D eigenvalue weighted by molar-refractivity contribution is 5.67. The second-order valence-corrected chi connectivity index (χ2v) is 9.13. The Morgan fingerprint density at radius 3 is 2.64 bits per heavy atom. The SMILES string of the molecule is CC1(C)Cc2c(cccc2N2CCN(C(=O)O)C(C(C)(C)C)C2)CN1. The molecular weight excluding hydrogens is 314 g/mol. The number of nitrogens with one attached hydrogen (secondary N) is 1. The fourth-order valence-corrected chi connectivity index (χ4v) is 4.10. The lowest BCUT2D eigenvalue weighted by molar-refractivity contribution is 0.0748. The summed E-state index contributed by atoms with van der Waals surface area (Å²) in [4.78, 5) is 15.7. The Hall–Kier alpha value is -1.75. The van der Waals surface area contributed by atoms with Crippen molar-refractivity contribution in [3.8, 4) is 0 Å². The zero-order valence-corrected chi connectivity index (χ0v) is 16.1. The van der Waals surface area contributed by atoms with Gasteiger partial charge in [0.1, 0.15) is 0 Å². The van der Waals surface area contributed by atoms with Gasteiger partial charge in [0.2, 0.25) is 0 Å². The number of carboxylic acid groups (broad SMARTS) is 1. The Bertz CT molecular complexity index is 663. The maximum absolute atomic E-state index is 11.7. The first-order chi connectivity index (χ1) is 11.6. The number of anilines is 1. The summed E-state index contributed by atoms with van der Waals surface area (Å²) < 4.78 is 0. The van der Waals surface area contributed by atoms with E-state index in [-0.39, 0.29) is 17.0 Å². The fraction of sp³-hybridized carbons (Fsp3) is 0.650. The third-order valence-corrected chi connectivity index (χ3v) is 5.59.